The average molecular weight is 613 g/mol. The number of halogens is 2. The van der Waals surface area contributed by atoms with Crippen LogP contribution in [0.15, 0.2) is 58.8 Å². The maximum Gasteiger partial charge on any atom is 0.272 e. The lowest BCUT2D eigenvalue weighted by molar-refractivity contribution is -0.126. The summed E-state index contributed by atoms with van der Waals surface area (Å²) in [5.74, 6) is 0.546. The number of anilines is 1. The Labute approximate surface area is 241 Å². The third kappa shape index (κ3) is 6.65. The van der Waals surface area contributed by atoms with Gasteiger partial charge in [-0.1, -0.05) is 41.9 Å². The molecule has 2 aromatic carbocycles. The Morgan fingerprint density at radius 3 is 2.74 bits per heavy atom. The van der Waals surface area contributed by atoms with Crippen molar-refractivity contribution in [2.24, 2.45) is 0 Å². The summed E-state index contributed by atoms with van der Waals surface area (Å²) < 4.78 is 41.7. The van der Waals surface area contributed by atoms with Crippen LogP contribution in [0.4, 0.5) is 5.82 Å². The maximum absolute atomic E-state index is 13.0. The molecule has 39 heavy (non-hydrogen) atoms. The van der Waals surface area contributed by atoms with Crippen LogP contribution in [0.25, 0.3) is 10.9 Å². The van der Waals surface area contributed by atoms with Gasteiger partial charge in [-0.2, -0.15) is 5.10 Å². The number of ether oxygens (including phenoxy) is 2. The molecule has 1 aliphatic rings. The molecule has 1 amide bonds. The van der Waals surface area contributed by atoms with E-state index < -0.39 is 10.0 Å². The molecule has 1 fully saturated rings. The SMILES string of the molecule is COc1cccc2c1c(NS(=O)(=O)c1ccc(Cl)s1)nn2Cc1cccc(CNC(=O)C2COCCN2)c1.Cl. The first-order valence-corrected chi connectivity index (χ1v) is 14.5. The van der Waals surface area contributed by atoms with Crippen LogP contribution < -0.4 is 20.1 Å². The third-order valence-corrected chi connectivity index (χ3v) is 9.09. The highest BCUT2D eigenvalue weighted by molar-refractivity contribution is 7.94. The predicted molar refractivity (Wildman–Crippen MR) is 154 cm³/mol. The molecule has 0 aliphatic carbocycles. The number of amides is 1. The number of hydrogen-bond acceptors (Lipinski definition) is 8. The van der Waals surface area contributed by atoms with E-state index in [-0.39, 0.29) is 34.4 Å². The van der Waals surface area contributed by atoms with Crippen LogP contribution in [-0.2, 0) is 32.6 Å². The molecule has 0 saturated carbocycles. The fourth-order valence-electron chi connectivity index (χ4n) is 4.24. The lowest BCUT2D eigenvalue weighted by Gasteiger charge is -2.22. The summed E-state index contributed by atoms with van der Waals surface area (Å²) in [5.41, 5.74) is 2.56. The Balaban J connectivity index is 0.00000353. The van der Waals surface area contributed by atoms with Crippen molar-refractivity contribution < 1.29 is 22.7 Å². The van der Waals surface area contributed by atoms with Gasteiger partial charge in [0.05, 0.1) is 42.1 Å². The van der Waals surface area contributed by atoms with Crippen molar-refractivity contribution in [1.82, 2.24) is 20.4 Å². The Hall–Kier alpha value is -2.87. The number of aromatic nitrogens is 2. The molecule has 2 aromatic heterocycles. The topological polar surface area (TPSA) is 124 Å². The number of sulfonamides is 1. The van der Waals surface area contributed by atoms with Gasteiger partial charge in [-0.3, -0.25) is 14.2 Å². The first kappa shape index (κ1) is 29.1. The van der Waals surface area contributed by atoms with Crippen LogP contribution in [0.5, 0.6) is 5.75 Å². The van der Waals surface area contributed by atoms with Crippen molar-refractivity contribution in [3.05, 3.63) is 70.1 Å². The Morgan fingerprint density at radius 2 is 2.03 bits per heavy atom. The number of hydrogen-bond donors (Lipinski definition) is 3. The van der Waals surface area contributed by atoms with Crippen molar-refractivity contribution in [3.63, 3.8) is 0 Å². The summed E-state index contributed by atoms with van der Waals surface area (Å²) in [6.45, 7) is 2.34. The Kier molecular flexibility index (Phi) is 9.36. The van der Waals surface area contributed by atoms with E-state index in [9.17, 15) is 13.2 Å². The van der Waals surface area contributed by atoms with E-state index in [1.54, 1.807) is 10.7 Å². The second-order valence-electron chi connectivity index (χ2n) is 8.64. The molecule has 5 rings (SSSR count). The summed E-state index contributed by atoms with van der Waals surface area (Å²) in [6, 6.07) is 15.8. The summed E-state index contributed by atoms with van der Waals surface area (Å²) in [5, 5.41) is 11.2. The minimum Gasteiger partial charge on any atom is -0.496 e. The molecule has 10 nitrogen and oxygen atoms in total. The van der Waals surface area contributed by atoms with E-state index in [4.69, 9.17) is 21.1 Å². The maximum atomic E-state index is 13.0. The minimum absolute atomic E-state index is 0. The highest BCUT2D eigenvalue weighted by atomic mass is 35.5. The molecule has 4 aromatic rings. The summed E-state index contributed by atoms with van der Waals surface area (Å²) in [4.78, 5) is 12.4. The quantitative estimate of drug-likeness (QED) is 0.264. The van der Waals surface area contributed by atoms with Crippen LogP contribution in [0.3, 0.4) is 0 Å². The molecule has 0 bridgehead atoms. The normalized spacial score (nSPS) is 15.5. The highest BCUT2D eigenvalue weighted by Crippen LogP contribution is 2.35. The van der Waals surface area contributed by atoms with E-state index in [2.05, 4.69) is 20.5 Å². The fraction of sp³-hybridized carbons (Fsp3) is 0.280. The second kappa shape index (κ2) is 12.5. The molecule has 208 valence electrons. The van der Waals surface area contributed by atoms with E-state index >= 15 is 0 Å². The van der Waals surface area contributed by atoms with E-state index in [1.807, 2.05) is 36.4 Å². The Morgan fingerprint density at radius 1 is 1.23 bits per heavy atom. The zero-order valence-corrected chi connectivity index (χ0v) is 24.1. The van der Waals surface area contributed by atoms with Gasteiger partial charge < -0.3 is 20.1 Å². The molecule has 0 radical (unpaired) electrons. The number of morpholine rings is 1. The molecule has 1 aliphatic heterocycles. The van der Waals surface area contributed by atoms with Crippen molar-refractivity contribution in [1.29, 1.82) is 0 Å². The number of benzene rings is 2. The van der Waals surface area contributed by atoms with Gasteiger partial charge in [-0.15, -0.1) is 23.7 Å². The van der Waals surface area contributed by atoms with Crippen LogP contribution in [0.1, 0.15) is 11.1 Å². The number of methoxy groups -OCH3 is 1. The molecule has 0 spiro atoms. The van der Waals surface area contributed by atoms with Gasteiger partial charge in [-0.25, -0.2) is 8.42 Å². The first-order chi connectivity index (χ1) is 18.3. The zero-order valence-electron chi connectivity index (χ0n) is 20.8. The summed E-state index contributed by atoms with van der Waals surface area (Å²) in [7, 11) is -2.38. The number of thiophene rings is 1. The smallest absolute Gasteiger partial charge is 0.272 e. The van der Waals surface area contributed by atoms with Gasteiger partial charge in [0.25, 0.3) is 10.0 Å². The minimum atomic E-state index is -3.90. The number of carbonyl (C=O) groups excluding carboxylic acids is 1. The molecule has 1 unspecified atom stereocenters. The number of rotatable bonds is 9. The largest absolute Gasteiger partial charge is 0.496 e. The van der Waals surface area contributed by atoms with Crippen molar-refractivity contribution in [3.8, 4) is 5.75 Å². The fourth-order valence-corrected chi connectivity index (χ4v) is 6.73. The highest BCUT2D eigenvalue weighted by Gasteiger charge is 2.23. The third-order valence-electron chi connectivity index (χ3n) is 6.03. The van der Waals surface area contributed by atoms with Crippen molar-refractivity contribution in [2.45, 2.75) is 23.3 Å². The monoisotopic (exact) mass is 611 g/mol. The zero-order chi connectivity index (χ0) is 26.7. The number of carbonyl (C=O) groups is 1. The number of nitrogens with one attached hydrogen (secondary N) is 3. The standard InChI is InChI=1S/C25H26ClN5O5S2.ClH/c1-35-20-7-3-6-19-23(20)24(30-38(33,34)22-9-8-21(26)37-22)29-31(19)14-17-5-2-4-16(12-17)13-28-25(32)18-15-36-11-10-27-18;/h2-9,12,18,27H,10-11,13-15H2,1H3,(H,28,32)(H,29,30);1H. The molecule has 14 heteroatoms. The molecular weight excluding hydrogens is 585 g/mol. The van der Waals surface area contributed by atoms with E-state index in [1.165, 1.54) is 19.2 Å². The molecular formula is C25H27Cl2N5O5S2. The van der Waals surface area contributed by atoms with Crippen LogP contribution in [0.2, 0.25) is 4.34 Å². The van der Waals surface area contributed by atoms with Gasteiger partial charge in [0.2, 0.25) is 5.91 Å². The molecule has 1 saturated heterocycles. The molecule has 1 atom stereocenters. The second-order valence-corrected chi connectivity index (χ2v) is 12.3. The van der Waals surface area contributed by atoms with Gasteiger partial charge in [-0.05, 0) is 35.4 Å². The van der Waals surface area contributed by atoms with Gasteiger partial charge >= 0.3 is 0 Å². The number of nitrogens with zero attached hydrogens (tertiary/aromatic N) is 2. The Bertz CT molecular complexity index is 1570. The van der Waals surface area contributed by atoms with Crippen LogP contribution in [-0.4, -0.2) is 57.0 Å². The van der Waals surface area contributed by atoms with E-state index in [0.29, 0.717) is 53.8 Å². The van der Waals surface area contributed by atoms with Crippen molar-refractivity contribution in [2.75, 3.05) is 31.6 Å². The van der Waals surface area contributed by atoms with Gasteiger partial charge in [0.15, 0.2) is 5.82 Å². The lowest BCUT2D eigenvalue weighted by Crippen LogP contribution is -2.51. The van der Waals surface area contributed by atoms with E-state index in [0.717, 1.165) is 22.5 Å². The number of fused-ring (bicyclic) bond motifs is 1. The lowest BCUT2D eigenvalue weighted by atomic mass is 10.1. The summed E-state index contributed by atoms with van der Waals surface area (Å²) >= 11 is 6.92. The van der Waals surface area contributed by atoms with Gasteiger partial charge in [0, 0.05) is 13.1 Å². The summed E-state index contributed by atoms with van der Waals surface area (Å²) in [6.07, 6.45) is 0. The van der Waals surface area contributed by atoms with Gasteiger partial charge in [0.1, 0.15) is 16.0 Å². The average Bonchev–Trinajstić information content (AvgIpc) is 3.52. The van der Waals surface area contributed by atoms with Crippen molar-refractivity contribution >= 4 is 68.0 Å². The van der Waals surface area contributed by atoms with Crippen LogP contribution in [0, 0.1) is 0 Å². The molecule has 3 N–H and O–H groups in total. The first-order valence-electron chi connectivity index (χ1n) is 11.8. The van der Waals surface area contributed by atoms with Crippen LogP contribution >= 0.6 is 35.3 Å². The predicted octanol–water partition coefficient (Wildman–Crippen LogP) is 3.64. The molecule has 3 heterocycles.